The standard InChI is InChI=1S/C23H30F2N2O2/c1-16-17(2)22(29-3)8-7-18(16)14-27-11-10-26(15-20(27)9-12-28)13-19-5-4-6-21(24)23(19)25/h4-8,20,28H,9-15H2,1-3H3/t20-/m1/s1. The Bertz CT molecular complexity index is 844. The van der Waals surface area contributed by atoms with Crippen molar-refractivity contribution in [2.24, 2.45) is 0 Å². The number of benzene rings is 2. The average Bonchev–Trinajstić information content (AvgIpc) is 2.71. The Morgan fingerprint density at radius 1 is 1.03 bits per heavy atom. The predicted molar refractivity (Wildman–Crippen MR) is 110 cm³/mol. The van der Waals surface area contributed by atoms with E-state index in [4.69, 9.17) is 4.74 Å². The monoisotopic (exact) mass is 404 g/mol. The van der Waals surface area contributed by atoms with Gasteiger partial charge in [-0.3, -0.25) is 9.80 Å². The highest BCUT2D eigenvalue weighted by Gasteiger charge is 2.28. The van der Waals surface area contributed by atoms with E-state index in [9.17, 15) is 13.9 Å². The van der Waals surface area contributed by atoms with Crippen LogP contribution in [0.3, 0.4) is 0 Å². The minimum Gasteiger partial charge on any atom is -0.496 e. The number of ether oxygens (including phenoxy) is 1. The molecule has 2 aromatic carbocycles. The van der Waals surface area contributed by atoms with E-state index in [-0.39, 0.29) is 12.6 Å². The van der Waals surface area contributed by atoms with Crippen LogP contribution in [-0.2, 0) is 13.1 Å². The Morgan fingerprint density at radius 3 is 2.55 bits per heavy atom. The molecule has 158 valence electrons. The first-order valence-electron chi connectivity index (χ1n) is 10.1. The zero-order valence-corrected chi connectivity index (χ0v) is 17.4. The highest BCUT2D eigenvalue weighted by Crippen LogP contribution is 2.27. The molecule has 0 radical (unpaired) electrons. The van der Waals surface area contributed by atoms with Crippen molar-refractivity contribution in [3.63, 3.8) is 0 Å². The number of methoxy groups -OCH3 is 1. The number of aliphatic hydroxyl groups is 1. The average molecular weight is 405 g/mol. The van der Waals surface area contributed by atoms with E-state index in [0.29, 0.717) is 25.1 Å². The summed E-state index contributed by atoms with van der Waals surface area (Å²) in [5, 5.41) is 9.55. The molecule has 0 aromatic heterocycles. The Labute approximate surface area is 171 Å². The lowest BCUT2D eigenvalue weighted by atomic mass is 10.00. The number of hydrogen-bond donors (Lipinski definition) is 1. The van der Waals surface area contributed by atoms with Gasteiger partial charge in [0.15, 0.2) is 11.6 Å². The second-order valence-electron chi connectivity index (χ2n) is 7.76. The van der Waals surface area contributed by atoms with Crippen LogP contribution in [0, 0.1) is 25.5 Å². The van der Waals surface area contributed by atoms with Crippen molar-refractivity contribution in [3.05, 3.63) is 64.2 Å². The van der Waals surface area contributed by atoms with Crippen LogP contribution in [0.25, 0.3) is 0 Å². The summed E-state index contributed by atoms with van der Waals surface area (Å²) in [7, 11) is 1.68. The third-order valence-corrected chi connectivity index (χ3v) is 6.02. The van der Waals surface area contributed by atoms with Crippen LogP contribution in [0.15, 0.2) is 30.3 Å². The summed E-state index contributed by atoms with van der Waals surface area (Å²) < 4.78 is 33.0. The summed E-state index contributed by atoms with van der Waals surface area (Å²) in [4.78, 5) is 4.52. The summed E-state index contributed by atoms with van der Waals surface area (Å²) in [6.07, 6.45) is 0.649. The van der Waals surface area contributed by atoms with E-state index in [2.05, 4.69) is 29.7 Å². The number of halogens is 2. The third-order valence-electron chi connectivity index (χ3n) is 6.02. The molecule has 4 nitrogen and oxygen atoms in total. The van der Waals surface area contributed by atoms with Gasteiger partial charge in [0, 0.05) is 50.9 Å². The van der Waals surface area contributed by atoms with E-state index in [0.717, 1.165) is 37.0 Å². The second kappa shape index (κ2) is 9.65. The van der Waals surface area contributed by atoms with Gasteiger partial charge in [-0.05, 0) is 49.1 Å². The molecular weight excluding hydrogens is 374 g/mol. The SMILES string of the molecule is COc1ccc(CN2CCN(Cc3cccc(F)c3F)C[C@H]2CCO)c(C)c1C. The summed E-state index contributed by atoms with van der Waals surface area (Å²) in [6, 6.07) is 8.59. The van der Waals surface area contributed by atoms with E-state index in [1.54, 1.807) is 19.2 Å². The van der Waals surface area contributed by atoms with Crippen molar-refractivity contribution in [1.29, 1.82) is 0 Å². The van der Waals surface area contributed by atoms with Crippen molar-refractivity contribution in [2.45, 2.75) is 39.4 Å². The molecule has 1 saturated heterocycles. The van der Waals surface area contributed by atoms with Crippen LogP contribution in [0.2, 0.25) is 0 Å². The minimum absolute atomic E-state index is 0.101. The van der Waals surface area contributed by atoms with E-state index >= 15 is 0 Å². The van der Waals surface area contributed by atoms with Gasteiger partial charge < -0.3 is 9.84 Å². The van der Waals surface area contributed by atoms with Gasteiger partial charge in [0.2, 0.25) is 0 Å². The molecule has 1 atom stereocenters. The van der Waals surface area contributed by atoms with Gasteiger partial charge in [-0.2, -0.15) is 0 Å². The smallest absolute Gasteiger partial charge is 0.163 e. The molecule has 1 N–H and O–H groups in total. The summed E-state index contributed by atoms with van der Waals surface area (Å²) in [5.74, 6) is -0.684. The molecule has 0 spiro atoms. The number of piperazine rings is 1. The molecule has 1 heterocycles. The van der Waals surface area contributed by atoms with Gasteiger partial charge >= 0.3 is 0 Å². The minimum atomic E-state index is -0.807. The Balaban J connectivity index is 1.71. The zero-order chi connectivity index (χ0) is 21.0. The fourth-order valence-corrected chi connectivity index (χ4v) is 4.11. The third kappa shape index (κ3) is 4.94. The van der Waals surface area contributed by atoms with Crippen molar-refractivity contribution >= 4 is 0 Å². The molecule has 29 heavy (non-hydrogen) atoms. The molecular formula is C23H30F2N2O2. The fourth-order valence-electron chi connectivity index (χ4n) is 4.11. The first-order valence-corrected chi connectivity index (χ1v) is 10.1. The van der Waals surface area contributed by atoms with Crippen LogP contribution in [-0.4, -0.2) is 54.3 Å². The largest absolute Gasteiger partial charge is 0.496 e. The van der Waals surface area contributed by atoms with Crippen LogP contribution in [0.1, 0.15) is 28.7 Å². The van der Waals surface area contributed by atoms with E-state index < -0.39 is 11.6 Å². The molecule has 2 aromatic rings. The van der Waals surface area contributed by atoms with E-state index in [1.165, 1.54) is 11.1 Å². The Morgan fingerprint density at radius 2 is 1.83 bits per heavy atom. The maximum atomic E-state index is 14.0. The Hall–Kier alpha value is -2.02. The molecule has 1 aliphatic heterocycles. The van der Waals surface area contributed by atoms with Gasteiger partial charge in [-0.1, -0.05) is 18.2 Å². The number of rotatable bonds is 7. The van der Waals surface area contributed by atoms with Gasteiger partial charge in [0.1, 0.15) is 5.75 Å². The molecule has 1 fully saturated rings. The maximum Gasteiger partial charge on any atom is 0.163 e. The molecule has 0 bridgehead atoms. The lowest BCUT2D eigenvalue weighted by molar-refractivity contribution is 0.0492. The van der Waals surface area contributed by atoms with Crippen molar-refractivity contribution < 1.29 is 18.6 Å². The predicted octanol–water partition coefficient (Wildman–Crippen LogP) is 3.66. The highest BCUT2D eigenvalue weighted by molar-refractivity contribution is 5.43. The topological polar surface area (TPSA) is 35.9 Å². The van der Waals surface area contributed by atoms with Crippen LogP contribution < -0.4 is 4.74 Å². The van der Waals surface area contributed by atoms with Crippen LogP contribution in [0.5, 0.6) is 5.75 Å². The van der Waals surface area contributed by atoms with Crippen LogP contribution in [0.4, 0.5) is 8.78 Å². The van der Waals surface area contributed by atoms with Gasteiger partial charge in [-0.15, -0.1) is 0 Å². The summed E-state index contributed by atoms with van der Waals surface area (Å²) >= 11 is 0. The molecule has 0 amide bonds. The zero-order valence-electron chi connectivity index (χ0n) is 17.4. The van der Waals surface area contributed by atoms with Gasteiger partial charge in [0.05, 0.1) is 7.11 Å². The van der Waals surface area contributed by atoms with Crippen LogP contribution >= 0.6 is 0 Å². The molecule has 0 saturated carbocycles. The normalized spacial score (nSPS) is 18.2. The highest BCUT2D eigenvalue weighted by atomic mass is 19.2. The summed E-state index contributed by atoms with van der Waals surface area (Å²) in [6.45, 7) is 7.74. The number of nitrogens with zero attached hydrogens (tertiary/aromatic N) is 2. The number of hydrogen-bond acceptors (Lipinski definition) is 4. The van der Waals surface area contributed by atoms with Gasteiger partial charge in [-0.25, -0.2) is 8.78 Å². The van der Waals surface area contributed by atoms with E-state index in [1.807, 2.05) is 6.07 Å². The first kappa shape index (κ1) is 21.7. The Kier molecular flexibility index (Phi) is 7.22. The van der Waals surface area contributed by atoms with Gasteiger partial charge in [0.25, 0.3) is 0 Å². The maximum absolute atomic E-state index is 14.0. The molecule has 0 unspecified atom stereocenters. The lowest BCUT2D eigenvalue weighted by Gasteiger charge is -2.41. The fraction of sp³-hybridized carbons (Fsp3) is 0.478. The first-order chi connectivity index (χ1) is 13.9. The lowest BCUT2D eigenvalue weighted by Crippen LogP contribution is -2.52. The molecule has 1 aliphatic rings. The summed E-state index contributed by atoms with van der Waals surface area (Å²) in [5.41, 5.74) is 3.99. The second-order valence-corrected chi connectivity index (χ2v) is 7.76. The van der Waals surface area contributed by atoms with Crippen molar-refractivity contribution in [1.82, 2.24) is 9.80 Å². The quantitative estimate of drug-likeness (QED) is 0.764. The molecule has 3 rings (SSSR count). The van der Waals surface area contributed by atoms with Crippen molar-refractivity contribution in [3.8, 4) is 5.75 Å². The molecule has 0 aliphatic carbocycles. The molecule has 6 heteroatoms. The van der Waals surface area contributed by atoms with Crippen molar-refractivity contribution in [2.75, 3.05) is 33.4 Å². The number of aliphatic hydroxyl groups excluding tert-OH is 1.